The zero-order chi connectivity index (χ0) is 6.62. The summed E-state index contributed by atoms with van der Waals surface area (Å²) in [6.07, 6.45) is 2.01. The highest BCUT2D eigenvalue weighted by molar-refractivity contribution is 7.95. The fourth-order valence-corrected chi connectivity index (χ4v) is 0.922. The van der Waals surface area contributed by atoms with Crippen molar-refractivity contribution < 1.29 is 3.89 Å². The molecule has 0 aromatic rings. The normalized spacial score (nSPS) is 12.0. The quantitative estimate of drug-likeness (QED) is 0.574. The van der Waals surface area contributed by atoms with Crippen LogP contribution in [0.25, 0.3) is 0 Å². The summed E-state index contributed by atoms with van der Waals surface area (Å²) >= 11 is 0.452. The van der Waals surface area contributed by atoms with Gasteiger partial charge in [-0.15, -0.1) is 0 Å². The summed E-state index contributed by atoms with van der Waals surface area (Å²) in [7, 11) is 0. The minimum Gasteiger partial charge on any atom is -0.165 e. The maximum Gasteiger partial charge on any atom is 0.0505 e. The summed E-state index contributed by atoms with van der Waals surface area (Å²) in [5.74, 6) is 0. The van der Waals surface area contributed by atoms with E-state index >= 15 is 0 Å². The van der Waals surface area contributed by atoms with E-state index < -0.39 is 0 Å². The van der Waals surface area contributed by atoms with Crippen molar-refractivity contribution in [2.75, 3.05) is 0 Å². The highest BCUT2D eigenvalue weighted by atomic mass is 32.2. The third-order valence-corrected chi connectivity index (χ3v) is 1.68. The second kappa shape index (κ2) is 3.33. The highest BCUT2D eigenvalue weighted by Gasteiger charge is 2.16. The molecule has 0 saturated carbocycles. The highest BCUT2D eigenvalue weighted by Crippen LogP contribution is 2.29. The first-order valence-electron chi connectivity index (χ1n) is 2.92. The molecule has 0 atom stereocenters. The van der Waals surface area contributed by atoms with Crippen molar-refractivity contribution in [1.82, 2.24) is 0 Å². The van der Waals surface area contributed by atoms with Crippen molar-refractivity contribution in [3.63, 3.8) is 0 Å². The van der Waals surface area contributed by atoms with E-state index in [0.717, 1.165) is 12.8 Å². The Hall–Kier alpha value is 0.280. The second-order valence-corrected chi connectivity index (χ2v) is 3.85. The molecule has 0 radical (unpaired) electrons. The van der Waals surface area contributed by atoms with Crippen LogP contribution in [0.15, 0.2) is 0 Å². The van der Waals surface area contributed by atoms with Crippen molar-refractivity contribution in [3.8, 4) is 0 Å². The smallest absolute Gasteiger partial charge is 0.0505 e. The van der Waals surface area contributed by atoms with Gasteiger partial charge in [-0.25, -0.2) is 0 Å². The Labute approximate surface area is 55.1 Å². The molecular formula is C6H13FS. The van der Waals surface area contributed by atoms with Gasteiger partial charge in [0.15, 0.2) is 0 Å². The van der Waals surface area contributed by atoms with E-state index in [0.29, 0.717) is 12.1 Å². The van der Waals surface area contributed by atoms with E-state index in [9.17, 15) is 3.89 Å². The van der Waals surface area contributed by atoms with Crippen LogP contribution < -0.4 is 0 Å². The van der Waals surface area contributed by atoms with E-state index in [2.05, 4.69) is 6.92 Å². The van der Waals surface area contributed by atoms with E-state index in [4.69, 9.17) is 0 Å². The van der Waals surface area contributed by atoms with Gasteiger partial charge in [-0.2, -0.15) is 3.89 Å². The zero-order valence-electron chi connectivity index (χ0n) is 5.70. The lowest BCUT2D eigenvalue weighted by molar-refractivity contribution is 0.612. The fourth-order valence-electron chi connectivity index (χ4n) is 0.641. The van der Waals surface area contributed by atoms with Crippen LogP contribution in [0.2, 0.25) is 0 Å². The molecule has 0 nitrogen and oxygen atoms in total. The predicted molar refractivity (Wildman–Crippen MR) is 37.7 cm³/mol. The average Bonchev–Trinajstić information content (AvgIpc) is 1.67. The van der Waals surface area contributed by atoms with Gasteiger partial charge in [-0.05, 0) is 20.3 Å². The van der Waals surface area contributed by atoms with Crippen LogP contribution in [0, 0.1) is 0 Å². The molecule has 0 spiro atoms. The van der Waals surface area contributed by atoms with Crippen LogP contribution in [0.1, 0.15) is 33.6 Å². The molecule has 0 aliphatic heterocycles. The molecular weight excluding hydrogens is 123 g/mol. The van der Waals surface area contributed by atoms with Crippen LogP contribution in [0.5, 0.6) is 0 Å². The van der Waals surface area contributed by atoms with E-state index in [-0.39, 0.29) is 4.75 Å². The number of hydrogen-bond donors (Lipinski definition) is 0. The van der Waals surface area contributed by atoms with Gasteiger partial charge in [-0.1, -0.05) is 13.3 Å². The maximum absolute atomic E-state index is 11.9. The second-order valence-electron chi connectivity index (χ2n) is 2.59. The van der Waals surface area contributed by atoms with Crippen molar-refractivity contribution in [3.05, 3.63) is 0 Å². The third kappa shape index (κ3) is 3.30. The van der Waals surface area contributed by atoms with E-state index in [1.54, 1.807) is 0 Å². The molecule has 0 N–H and O–H groups in total. The van der Waals surface area contributed by atoms with Gasteiger partial charge < -0.3 is 0 Å². The van der Waals surface area contributed by atoms with Gasteiger partial charge in [0.05, 0.1) is 12.1 Å². The first kappa shape index (κ1) is 8.28. The molecule has 0 aliphatic carbocycles. The largest absolute Gasteiger partial charge is 0.165 e. The molecule has 0 aromatic carbocycles. The van der Waals surface area contributed by atoms with Crippen LogP contribution in [-0.4, -0.2) is 4.75 Å². The molecule has 8 heavy (non-hydrogen) atoms. The lowest BCUT2D eigenvalue weighted by Crippen LogP contribution is -2.11. The van der Waals surface area contributed by atoms with Gasteiger partial charge in [0.2, 0.25) is 0 Å². The molecule has 0 unspecified atom stereocenters. The summed E-state index contributed by atoms with van der Waals surface area (Å²) in [5.41, 5.74) is 0. The Morgan fingerprint density at radius 3 is 2.12 bits per heavy atom. The van der Waals surface area contributed by atoms with Crippen LogP contribution in [0.4, 0.5) is 3.89 Å². The standard InChI is InChI=1S/C6H13FS/c1-4-5-6(2,3)8-7/h4-5H2,1-3H3. The first-order valence-corrected chi connectivity index (χ1v) is 3.64. The van der Waals surface area contributed by atoms with Crippen LogP contribution in [0.3, 0.4) is 0 Å². The summed E-state index contributed by atoms with van der Waals surface area (Å²) in [4.78, 5) is 0. The summed E-state index contributed by atoms with van der Waals surface area (Å²) in [5, 5.41) is 0. The van der Waals surface area contributed by atoms with E-state index in [1.807, 2.05) is 13.8 Å². The summed E-state index contributed by atoms with van der Waals surface area (Å²) in [6.45, 7) is 5.90. The van der Waals surface area contributed by atoms with Gasteiger partial charge in [0.1, 0.15) is 0 Å². The summed E-state index contributed by atoms with van der Waals surface area (Å²) in [6, 6.07) is 0. The molecule has 0 aliphatic rings. The van der Waals surface area contributed by atoms with Crippen molar-refractivity contribution in [2.24, 2.45) is 0 Å². The Morgan fingerprint density at radius 1 is 1.50 bits per heavy atom. The predicted octanol–water partition coefficient (Wildman–Crippen LogP) is 3.18. The zero-order valence-corrected chi connectivity index (χ0v) is 6.52. The Morgan fingerprint density at radius 2 is 2.00 bits per heavy atom. The Kier molecular flexibility index (Phi) is 3.45. The van der Waals surface area contributed by atoms with Crippen LogP contribution in [-0.2, 0) is 0 Å². The Bertz CT molecular complexity index is 61.5. The van der Waals surface area contributed by atoms with E-state index in [1.165, 1.54) is 0 Å². The first-order chi connectivity index (χ1) is 3.62. The minimum absolute atomic E-state index is 0.158. The molecule has 0 bridgehead atoms. The number of hydrogen-bond acceptors (Lipinski definition) is 1. The molecule has 0 heterocycles. The minimum atomic E-state index is -0.158. The van der Waals surface area contributed by atoms with Gasteiger partial charge >= 0.3 is 0 Å². The molecule has 0 saturated heterocycles. The molecule has 0 fully saturated rings. The topological polar surface area (TPSA) is 0 Å². The molecule has 0 aromatic heterocycles. The van der Waals surface area contributed by atoms with Crippen molar-refractivity contribution in [1.29, 1.82) is 0 Å². The lowest BCUT2D eigenvalue weighted by atomic mass is 10.1. The average molecular weight is 136 g/mol. The molecule has 0 amide bonds. The maximum atomic E-state index is 11.9. The lowest BCUT2D eigenvalue weighted by Gasteiger charge is -2.16. The van der Waals surface area contributed by atoms with Crippen molar-refractivity contribution in [2.45, 2.75) is 38.4 Å². The number of halogens is 1. The fraction of sp³-hybridized carbons (Fsp3) is 1.00. The molecule has 2 heteroatoms. The van der Waals surface area contributed by atoms with Crippen molar-refractivity contribution >= 4 is 12.1 Å². The molecule has 50 valence electrons. The SMILES string of the molecule is CCCC(C)(C)SF. The molecule has 0 rings (SSSR count). The Balaban J connectivity index is 3.37. The van der Waals surface area contributed by atoms with Gasteiger partial charge in [0, 0.05) is 4.75 Å². The monoisotopic (exact) mass is 136 g/mol. The van der Waals surface area contributed by atoms with Gasteiger partial charge in [-0.3, -0.25) is 0 Å². The van der Waals surface area contributed by atoms with Crippen LogP contribution >= 0.6 is 12.1 Å². The number of rotatable bonds is 3. The summed E-state index contributed by atoms with van der Waals surface area (Å²) < 4.78 is 11.7. The third-order valence-electron chi connectivity index (χ3n) is 1.06. The van der Waals surface area contributed by atoms with Gasteiger partial charge in [0.25, 0.3) is 0 Å².